The Labute approximate surface area is 177 Å². The summed E-state index contributed by atoms with van der Waals surface area (Å²) in [7, 11) is 0. The minimum atomic E-state index is -0.921. The molecule has 3 aliphatic rings. The van der Waals surface area contributed by atoms with Crippen molar-refractivity contribution in [1.82, 2.24) is 20.1 Å². The predicted molar refractivity (Wildman–Crippen MR) is 111 cm³/mol. The van der Waals surface area contributed by atoms with Crippen molar-refractivity contribution < 1.29 is 14.4 Å². The van der Waals surface area contributed by atoms with Crippen LogP contribution in [0, 0.1) is 11.3 Å². The van der Waals surface area contributed by atoms with Crippen LogP contribution in [0.15, 0.2) is 24.5 Å². The third kappa shape index (κ3) is 4.33. The molecule has 3 heterocycles. The number of amides is 3. The van der Waals surface area contributed by atoms with Crippen LogP contribution in [-0.2, 0) is 20.9 Å². The number of likely N-dealkylation sites (tertiary alicyclic amines) is 2. The number of nitrogens with one attached hydrogen (secondary N) is 1. The van der Waals surface area contributed by atoms with E-state index in [1.807, 2.05) is 17.0 Å². The summed E-state index contributed by atoms with van der Waals surface area (Å²) in [6.45, 7) is 3.59. The lowest BCUT2D eigenvalue weighted by atomic mass is 9.92. The van der Waals surface area contributed by atoms with Crippen molar-refractivity contribution >= 4 is 17.7 Å². The highest BCUT2D eigenvalue weighted by Gasteiger charge is 2.57. The second kappa shape index (κ2) is 8.71. The average Bonchev–Trinajstić information content (AvgIpc) is 3.60. The van der Waals surface area contributed by atoms with E-state index in [0.717, 1.165) is 44.3 Å². The summed E-state index contributed by atoms with van der Waals surface area (Å²) in [5.74, 6) is -0.460. The summed E-state index contributed by atoms with van der Waals surface area (Å²) >= 11 is 0. The quantitative estimate of drug-likeness (QED) is 0.666. The summed E-state index contributed by atoms with van der Waals surface area (Å²) in [6.07, 6.45) is 8.35. The minimum Gasteiger partial charge on any atom is -0.369 e. The monoisotopic (exact) mass is 413 g/mol. The molecule has 0 bridgehead atoms. The molecule has 0 aromatic carbocycles. The van der Waals surface area contributed by atoms with Crippen molar-refractivity contribution in [3.05, 3.63) is 30.1 Å². The Balaban J connectivity index is 1.25. The van der Waals surface area contributed by atoms with E-state index in [1.165, 1.54) is 0 Å². The number of rotatable bonds is 6. The second-order valence-corrected chi connectivity index (χ2v) is 8.88. The number of piperidine rings is 2. The normalized spacial score (nSPS) is 24.3. The molecule has 2 aliphatic heterocycles. The van der Waals surface area contributed by atoms with E-state index < -0.39 is 11.3 Å². The third-order valence-electron chi connectivity index (χ3n) is 6.91. The highest BCUT2D eigenvalue weighted by atomic mass is 16.2. The first kappa shape index (κ1) is 20.8. The van der Waals surface area contributed by atoms with Gasteiger partial charge < -0.3 is 16.0 Å². The molecule has 0 spiro atoms. The van der Waals surface area contributed by atoms with Crippen LogP contribution in [0.5, 0.6) is 0 Å². The molecule has 1 atom stereocenters. The van der Waals surface area contributed by atoms with Gasteiger partial charge in [0.1, 0.15) is 5.41 Å². The number of primary amides is 1. The molecule has 3 fully saturated rings. The maximum atomic E-state index is 12.7. The van der Waals surface area contributed by atoms with E-state index in [2.05, 4.69) is 15.2 Å². The Morgan fingerprint density at radius 2 is 1.93 bits per heavy atom. The number of carbonyl (C=O) groups excluding carboxylic acids is 3. The van der Waals surface area contributed by atoms with E-state index in [4.69, 9.17) is 5.73 Å². The molecule has 3 N–H and O–H groups in total. The maximum Gasteiger partial charge on any atom is 0.238 e. The Bertz CT molecular complexity index is 787. The Morgan fingerprint density at radius 3 is 2.57 bits per heavy atom. The van der Waals surface area contributed by atoms with Crippen LogP contribution in [0.2, 0.25) is 0 Å². The second-order valence-electron chi connectivity index (χ2n) is 8.88. The fourth-order valence-electron chi connectivity index (χ4n) is 4.82. The Kier molecular flexibility index (Phi) is 6.04. The molecule has 0 radical (unpaired) electrons. The molecule has 162 valence electrons. The van der Waals surface area contributed by atoms with Gasteiger partial charge in [-0.25, -0.2) is 0 Å². The first-order valence-electron chi connectivity index (χ1n) is 11.0. The third-order valence-corrected chi connectivity index (χ3v) is 6.91. The van der Waals surface area contributed by atoms with E-state index in [-0.39, 0.29) is 17.7 Å². The van der Waals surface area contributed by atoms with Gasteiger partial charge in [-0.3, -0.25) is 24.3 Å². The summed E-state index contributed by atoms with van der Waals surface area (Å²) in [5.41, 5.74) is 5.53. The van der Waals surface area contributed by atoms with Gasteiger partial charge in [0, 0.05) is 44.6 Å². The van der Waals surface area contributed by atoms with Crippen molar-refractivity contribution in [2.75, 3.05) is 26.2 Å². The largest absolute Gasteiger partial charge is 0.369 e. The summed E-state index contributed by atoms with van der Waals surface area (Å²) < 4.78 is 0. The lowest BCUT2D eigenvalue weighted by Gasteiger charge is -2.42. The highest BCUT2D eigenvalue weighted by Crippen LogP contribution is 2.47. The summed E-state index contributed by atoms with van der Waals surface area (Å²) in [6, 6.07) is 4.21. The zero-order valence-corrected chi connectivity index (χ0v) is 17.4. The molecule has 1 aromatic heterocycles. The molecule has 30 heavy (non-hydrogen) atoms. The van der Waals surface area contributed by atoms with Crippen LogP contribution in [0.3, 0.4) is 0 Å². The number of aromatic nitrogens is 1. The molecule has 1 unspecified atom stereocenters. The minimum absolute atomic E-state index is 0.000298. The number of carbonyl (C=O) groups is 3. The Hall–Kier alpha value is -2.48. The fraction of sp³-hybridized carbons (Fsp3) is 0.636. The molecule has 4 rings (SSSR count). The molecule has 1 aliphatic carbocycles. The summed E-state index contributed by atoms with van der Waals surface area (Å²) in [4.78, 5) is 45.3. The predicted octanol–water partition coefficient (Wildman–Crippen LogP) is 0.666. The van der Waals surface area contributed by atoms with Crippen LogP contribution in [0.4, 0.5) is 0 Å². The summed E-state index contributed by atoms with van der Waals surface area (Å²) in [5, 5.41) is 3.05. The van der Waals surface area contributed by atoms with Gasteiger partial charge in [-0.05, 0) is 56.7 Å². The lowest BCUT2D eigenvalue weighted by Crippen LogP contribution is -2.53. The van der Waals surface area contributed by atoms with E-state index >= 15 is 0 Å². The smallest absolute Gasteiger partial charge is 0.238 e. The average molecular weight is 414 g/mol. The number of hydrogen-bond donors (Lipinski definition) is 2. The maximum absolute atomic E-state index is 12.7. The number of nitrogens with zero attached hydrogens (tertiary/aromatic N) is 3. The first-order valence-corrected chi connectivity index (χ1v) is 11.0. The van der Waals surface area contributed by atoms with Crippen LogP contribution in [-0.4, -0.2) is 64.7 Å². The van der Waals surface area contributed by atoms with Gasteiger partial charge in [-0.2, -0.15) is 0 Å². The van der Waals surface area contributed by atoms with E-state index in [1.54, 1.807) is 12.4 Å². The number of hydrogen-bond acceptors (Lipinski definition) is 5. The van der Waals surface area contributed by atoms with E-state index in [0.29, 0.717) is 38.5 Å². The van der Waals surface area contributed by atoms with E-state index in [9.17, 15) is 14.4 Å². The van der Waals surface area contributed by atoms with Gasteiger partial charge in [0.05, 0.1) is 5.92 Å². The lowest BCUT2D eigenvalue weighted by molar-refractivity contribution is -0.144. The Morgan fingerprint density at radius 1 is 1.17 bits per heavy atom. The molecular weight excluding hydrogens is 382 g/mol. The molecule has 8 nitrogen and oxygen atoms in total. The number of pyridine rings is 1. The van der Waals surface area contributed by atoms with Gasteiger partial charge in [0.2, 0.25) is 17.7 Å². The van der Waals surface area contributed by atoms with Crippen molar-refractivity contribution in [3.8, 4) is 0 Å². The molecular formula is C22H31N5O3. The molecule has 8 heteroatoms. The van der Waals surface area contributed by atoms with Crippen LogP contribution < -0.4 is 11.1 Å². The standard InChI is InChI=1S/C22H31N5O3/c23-20(29)22(7-8-22)21(30)26-11-5-18(6-12-26)27-10-2-4-17(15-27)19(28)25-14-16-3-1-9-24-13-16/h1,3,9,13,17-18H,2,4-8,10-12,14-15H2,(H2,23,29)(H,25,28). The van der Waals surface area contributed by atoms with Crippen molar-refractivity contribution in [2.24, 2.45) is 17.1 Å². The van der Waals surface area contributed by atoms with Gasteiger partial charge in [0.15, 0.2) is 0 Å². The van der Waals surface area contributed by atoms with Gasteiger partial charge in [0.25, 0.3) is 0 Å². The SMILES string of the molecule is NC(=O)C1(C(=O)N2CCC(N3CCCC(C(=O)NCc4cccnc4)C3)CC2)CC1. The van der Waals surface area contributed by atoms with Gasteiger partial charge >= 0.3 is 0 Å². The molecule has 1 aromatic rings. The highest BCUT2D eigenvalue weighted by molar-refractivity contribution is 6.07. The van der Waals surface area contributed by atoms with Crippen LogP contribution >= 0.6 is 0 Å². The molecule has 3 amide bonds. The zero-order chi connectivity index (χ0) is 21.1. The van der Waals surface area contributed by atoms with Gasteiger partial charge in [-0.15, -0.1) is 0 Å². The number of nitrogens with two attached hydrogens (primary N) is 1. The van der Waals surface area contributed by atoms with Crippen molar-refractivity contribution in [3.63, 3.8) is 0 Å². The van der Waals surface area contributed by atoms with Crippen molar-refractivity contribution in [1.29, 1.82) is 0 Å². The van der Waals surface area contributed by atoms with Crippen LogP contribution in [0.25, 0.3) is 0 Å². The molecule has 2 saturated heterocycles. The van der Waals surface area contributed by atoms with Crippen LogP contribution in [0.1, 0.15) is 44.1 Å². The fourth-order valence-corrected chi connectivity index (χ4v) is 4.82. The van der Waals surface area contributed by atoms with Crippen molar-refractivity contribution in [2.45, 2.75) is 51.1 Å². The molecule has 1 saturated carbocycles. The van der Waals surface area contributed by atoms with Gasteiger partial charge in [-0.1, -0.05) is 6.07 Å². The zero-order valence-electron chi connectivity index (χ0n) is 17.4. The first-order chi connectivity index (χ1) is 14.5. The topological polar surface area (TPSA) is 109 Å².